The Morgan fingerprint density at radius 3 is 2.39 bits per heavy atom. The molecule has 2 rings (SSSR count). The van der Waals surface area contributed by atoms with Gasteiger partial charge in [0.05, 0.1) is 0 Å². The molecule has 1 saturated heterocycles. The first-order valence-corrected chi connectivity index (χ1v) is 6.59. The minimum atomic E-state index is -2.73. The van der Waals surface area contributed by atoms with Gasteiger partial charge in [0, 0.05) is 18.0 Å². The van der Waals surface area contributed by atoms with Crippen LogP contribution in [0.5, 0.6) is 0 Å². The Morgan fingerprint density at radius 1 is 1.11 bits per heavy atom. The summed E-state index contributed by atoms with van der Waals surface area (Å²) in [4.78, 5) is 0. The van der Waals surface area contributed by atoms with Crippen LogP contribution >= 0.6 is 0 Å². The Morgan fingerprint density at radius 2 is 1.78 bits per heavy atom. The number of hydrogen-bond acceptors (Lipinski definition) is 1. The van der Waals surface area contributed by atoms with E-state index in [4.69, 9.17) is 0 Å². The Labute approximate surface area is 108 Å². The third kappa shape index (κ3) is 2.41. The number of aryl methyl sites for hydroxylation is 3. The van der Waals surface area contributed by atoms with Crippen LogP contribution < -0.4 is 5.32 Å². The second-order valence-corrected chi connectivity index (χ2v) is 5.42. The Bertz CT molecular complexity index is 434. The predicted octanol–water partition coefficient (Wildman–Crippen LogP) is 3.70. The smallest absolute Gasteiger partial charge is 0.277 e. The molecule has 1 unspecified atom stereocenters. The average molecular weight is 253 g/mol. The topological polar surface area (TPSA) is 12.0 Å². The summed E-state index contributed by atoms with van der Waals surface area (Å²) in [6.07, 6.45) is 1.44. The van der Waals surface area contributed by atoms with Gasteiger partial charge in [-0.1, -0.05) is 6.07 Å². The first kappa shape index (κ1) is 13.5. The summed E-state index contributed by atoms with van der Waals surface area (Å²) in [5.74, 6) is -3.30. The molecular formula is C15H21F2N. The van der Waals surface area contributed by atoms with Gasteiger partial charge in [-0.2, -0.15) is 0 Å². The SMILES string of the molecule is Cc1cc(C)c(C(F)(F)C2CCCNC2)cc1C. The molecule has 1 nitrogen and oxygen atoms in total. The van der Waals surface area contributed by atoms with Crippen LogP contribution in [0.2, 0.25) is 0 Å². The standard InChI is InChI=1S/C15H21F2N/c1-10-7-12(3)14(8-11(10)2)15(16,17)13-5-4-6-18-9-13/h7-8,13,18H,4-6,9H2,1-3H3. The highest BCUT2D eigenvalue weighted by Crippen LogP contribution is 2.41. The summed E-state index contributed by atoms with van der Waals surface area (Å²) in [6.45, 7) is 6.92. The van der Waals surface area contributed by atoms with Gasteiger partial charge in [-0.25, -0.2) is 8.78 Å². The zero-order valence-corrected chi connectivity index (χ0v) is 11.3. The fourth-order valence-corrected chi connectivity index (χ4v) is 2.70. The van der Waals surface area contributed by atoms with E-state index in [0.29, 0.717) is 18.5 Å². The summed E-state index contributed by atoms with van der Waals surface area (Å²) < 4.78 is 29.1. The Kier molecular flexibility index (Phi) is 3.71. The minimum Gasteiger partial charge on any atom is -0.316 e. The van der Waals surface area contributed by atoms with Crippen LogP contribution in [0.4, 0.5) is 8.78 Å². The summed E-state index contributed by atoms with van der Waals surface area (Å²) in [5.41, 5.74) is 2.93. The average Bonchev–Trinajstić information content (AvgIpc) is 2.34. The van der Waals surface area contributed by atoms with E-state index in [1.165, 1.54) is 0 Å². The van der Waals surface area contributed by atoms with E-state index < -0.39 is 11.8 Å². The zero-order chi connectivity index (χ0) is 13.3. The quantitative estimate of drug-likeness (QED) is 0.847. The molecule has 1 N–H and O–H groups in total. The van der Waals surface area contributed by atoms with Gasteiger partial charge in [0.15, 0.2) is 0 Å². The van der Waals surface area contributed by atoms with Gasteiger partial charge in [0.2, 0.25) is 0 Å². The Hall–Kier alpha value is -0.960. The Balaban J connectivity index is 2.36. The molecule has 1 aliphatic heterocycles. The second-order valence-electron chi connectivity index (χ2n) is 5.42. The van der Waals surface area contributed by atoms with Gasteiger partial charge in [0.1, 0.15) is 0 Å². The summed E-state index contributed by atoms with van der Waals surface area (Å²) in [5, 5.41) is 3.08. The first-order valence-electron chi connectivity index (χ1n) is 6.59. The van der Waals surface area contributed by atoms with Crippen molar-refractivity contribution in [3.05, 3.63) is 34.4 Å². The number of halogens is 2. The van der Waals surface area contributed by atoms with E-state index in [-0.39, 0.29) is 5.56 Å². The van der Waals surface area contributed by atoms with Crippen molar-refractivity contribution in [2.45, 2.75) is 39.5 Å². The number of hydrogen-bond donors (Lipinski definition) is 1. The molecule has 100 valence electrons. The number of benzene rings is 1. The predicted molar refractivity (Wildman–Crippen MR) is 70.1 cm³/mol. The van der Waals surface area contributed by atoms with Crippen LogP contribution in [0, 0.1) is 26.7 Å². The number of piperidine rings is 1. The van der Waals surface area contributed by atoms with E-state index in [1.807, 2.05) is 19.9 Å². The molecule has 3 heteroatoms. The first-order chi connectivity index (χ1) is 8.43. The lowest BCUT2D eigenvalue weighted by molar-refractivity contribution is -0.0730. The summed E-state index contributed by atoms with van der Waals surface area (Å²) in [7, 11) is 0. The number of nitrogens with one attached hydrogen (secondary N) is 1. The monoisotopic (exact) mass is 253 g/mol. The van der Waals surface area contributed by atoms with Gasteiger partial charge in [-0.15, -0.1) is 0 Å². The summed E-state index contributed by atoms with van der Waals surface area (Å²) >= 11 is 0. The van der Waals surface area contributed by atoms with Crippen molar-refractivity contribution < 1.29 is 8.78 Å². The van der Waals surface area contributed by atoms with Gasteiger partial charge in [-0.05, 0) is 62.9 Å². The fourth-order valence-electron chi connectivity index (χ4n) is 2.70. The molecule has 1 atom stereocenters. The van der Waals surface area contributed by atoms with Gasteiger partial charge < -0.3 is 5.32 Å². The molecule has 0 saturated carbocycles. The van der Waals surface area contributed by atoms with Crippen molar-refractivity contribution >= 4 is 0 Å². The third-order valence-electron chi connectivity index (χ3n) is 4.01. The lowest BCUT2D eigenvalue weighted by Crippen LogP contribution is -2.39. The number of alkyl halides is 2. The minimum absolute atomic E-state index is 0.208. The van der Waals surface area contributed by atoms with Crippen molar-refractivity contribution in [3.63, 3.8) is 0 Å². The van der Waals surface area contributed by atoms with Crippen LogP contribution in [-0.4, -0.2) is 13.1 Å². The highest BCUT2D eigenvalue weighted by molar-refractivity contribution is 5.39. The van der Waals surface area contributed by atoms with Crippen molar-refractivity contribution in [1.29, 1.82) is 0 Å². The van der Waals surface area contributed by atoms with Crippen LogP contribution in [0.25, 0.3) is 0 Å². The highest BCUT2D eigenvalue weighted by atomic mass is 19.3. The molecule has 1 aromatic carbocycles. The lowest BCUT2D eigenvalue weighted by atomic mass is 9.85. The maximum Gasteiger partial charge on any atom is 0.277 e. The van der Waals surface area contributed by atoms with Crippen LogP contribution in [0.1, 0.15) is 35.1 Å². The van der Waals surface area contributed by atoms with E-state index in [9.17, 15) is 8.78 Å². The van der Waals surface area contributed by atoms with E-state index in [1.54, 1.807) is 13.0 Å². The molecule has 0 aliphatic carbocycles. The molecule has 0 spiro atoms. The molecule has 0 bridgehead atoms. The largest absolute Gasteiger partial charge is 0.316 e. The summed E-state index contributed by atoms with van der Waals surface area (Å²) in [6, 6.07) is 3.54. The fraction of sp³-hybridized carbons (Fsp3) is 0.600. The second kappa shape index (κ2) is 4.96. The van der Waals surface area contributed by atoms with E-state index >= 15 is 0 Å². The molecule has 1 fully saturated rings. The van der Waals surface area contributed by atoms with Crippen molar-refractivity contribution in [2.24, 2.45) is 5.92 Å². The molecule has 0 aromatic heterocycles. The molecular weight excluding hydrogens is 232 g/mol. The molecule has 0 radical (unpaired) electrons. The highest BCUT2D eigenvalue weighted by Gasteiger charge is 2.42. The van der Waals surface area contributed by atoms with Crippen LogP contribution in [0.15, 0.2) is 12.1 Å². The van der Waals surface area contributed by atoms with E-state index in [0.717, 1.165) is 24.1 Å². The molecule has 1 aromatic rings. The third-order valence-corrected chi connectivity index (χ3v) is 4.01. The van der Waals surface area contributed by atoms with Crippen LogP contribution in [0.3, 0.4) is 0 Å². The normalized spacial score (nSPS) is 21.1. The van der Waals surface area contributed by atoms with Crippen molar-refractivity contribution in [2.75, 3.05) is 13.1 Å². The zero-order valence-electron chi connectivity index (χ0n) is 11.3. The van der Waals surface area contributed by atoms with Crippen molar-refractivity contribution in [3.8, 4) is 0 Å². The molecule has 1 heterocycles. The van der Waals surface area contributed by atoms with Gasteiger partial charge in [-0.3, -0.25) is 0 Å². The van der Waals surface area contributed by atoms with E-state index in [2.05, 4.69) is 5.32 Å². The maximum absolute atomic E-state index is 14.6. The molecule has 1 aliphatic rings. The maximum atomic E-state index is 14.6. The van der Waals surface area contributed by atoms with Gasteiger partial charge >= 0.3 is 0 Å². The molecule has 18 heavy (non-hydrogen) atoms. The van der Waals surface area contributed by atoms with Gasteiger partial charge in [0.25, 0.3) is 5.92 Å². The number of rotatable bonds is 2. The lowest BCUT2D eigenvalue weighted by Gasteiger charge is -2.32. The van der Waals surface area contributed by atoms with Crippen LogP contribution in [-0.2, 0) is 5.92 Å². The van der Waals surface area contributed by atoms with Crippen molar-refractivity contribution in [1.82, 2.24) is 5.32 Å². The molecule has 0 amide bonds.